The highest BCUT2D eigenvalue weighted by Gasteiger charge is 2.28. The molecule has 2 aliphatic heterocycles. The minimum Gasteiger partial charge on any atom is -0.381 e. The Balaban J connectivity index is 1.30. The molecule has 0 aromatic carbocycles. The molecule has 2 saturated heterocycles. The van der Waals surface area contributed by atoms with Crippen molar-refractivity contribution < 1.29 is 9.18 Å². The Labute approximate surface area is 191 Å². The van der Waals surface area contributed by atoms with Gasteiger partial charge in [0.2, 0.25) is 0 Å². The lowest BCUT2D eigenvalue weighted by Crippen LogP contribution is -2.52. The summed E-state index contributed by atoms with van der Waals surface area (Å²) in [5.41, 5.74) is 7.77. The molecular formula is C22H28FN9O. The average molecular weight is 454 g/mol. The lowest BCUT2D eigenvalue weighted by Gasteiger charge is -2.42. The lowest BCUT2D eigenvalue weighted by molar-refractivity contribution is 0.0982. The van der Waals surface area contributed by atoms with Crippen LogP contribution in [0.3, 0.4) is 0 Å². The molecule has 1 amide bonds. The van der Waals surface area contributed by atoms with Crippen LogP contribution < -0.4 is 16.0 Å². The van der Waals surface area contributed by atoms with Crippen LogP contribution in [0.4, 0.5) is 21.6 Å². The number of hydrogen-bond acceptors (Lipinski definition) is 8. The normalized spacial score (nSPS) is 18.7. The molecule has 2 fully saturated rings. The number of carbonyl (C=O) groups is 1. The maximum atomic E-state index is 13.5. The third-order valence-corrected chi connectivity index (χ3v) is 6.60. The van der Waals surface area contributed by atoms with Crippen molar-refractivity contribution in [3.63, 3.8) is 0 Å². The number of likely N-dealkylation sites (N-methyl/N-ethyl adjacent to an activating group) is 1. The number of pyridine rings is 1. The fourth-order valence-electron chi connectivity index (χ4n) is 4.75. The molecule has 33 heavy (non-hydrogen) atoms. The van der Waals surface area contributed by atoms with Crippen molar-refractivity contribution in [3.8, 4) is 0 Å². The van der Waals surface area contributed by atoms with Gasteiger partial charge in [0.1, 0.15) is 5.56 Å². The quantitative estimate of drug-likeness (QED) is 0.609. The molecule has 0 spiro atoms. The first kappa shape index (κ1) is 21.5. The van der Waals surface area contributed by atoms with Crippen molar-refractivity contribution in [1.29, 1.82) is 0 Å². The van der Waals surface area contributed by atoms with E-state index in [1.54, 1.807) is 12.4 Å². The second-order valence-corrected chi connectivity index (χ2v) is 8.71. The van der Waals surface area contributed by atoms with Gasteiger partial charge >= 0.3 is 0 Å². The van der Waals surface area contributed by atoms with E-state index >= 15 is 0 Å². The van der Waals surface area contributed by atoms with Gasteiger partial charge < -0.3 is 20.9 Å². The standard InChI is InChI=1S/C22H28FN9O/c1-29-8-10-30(11-9-29)16-3-6-31(7-4-16)18-2-5-25-13-17(18)27-22(33)19-20(24)28-32-14-15(23)12-26-21(19)32/h2,5,12-14,16H,3-4,6-11H2,1H3,(H2,24,28)(H,27,33). The Morgan fingerprint density at radius 2 is 1.91 bits per heavy atom. The summed E-state index contributed by atoms with van der Waals surface area (Å²) in [6, 6.07) is 2.51. The number of fused-ring (bicyclic) bond motifs is 1. The zero-order chi connectivity index (χ0) is 22.9. The zero-order valence-electron chi connectivity index (χ0n) is 18.6. The van der Waals surface area contributed by atoms with Crippen LogP contribution >= 0.6 is 0 Å². The lowest BCUT2D eigenvalue weighted by atomic mass is 10.0. The summed E-state index contributed by atoms with van der Waals surface area (Å²) < 4.78 is 14.6. The molecule has 5 rings (SSSR count). The van der Waals surface area contributed by atoms with Crippen LogP contribution in [0.2, 0.25) is 0 Å². The summed E-state index contributed by atoms with van der Waals surface area (Å²) in [7, 11) is 2.17. The highest BCUT2D eigenvalue weighted by Crippen LogP contribution is 2.30. The van der Waals surface area contributed by atoms with Crippen molar-refractivity contribution in [3.05, 3.63) is 42.2 Å². The molecule has 174 valence electrons. The number of hydrogen-bond donors (Lipinski definition) is 2. The van der Waals surface area contributed by atoms with Gasteiger partial charge in [0.15, 0.2) is 17.3 Å². The number of aromatic nitrogens is 4. The van der Waals surface area contributed by atoms with E-state index in [4.69, 9.17) is 5.73 Å². The predicted octanol–water partition coefficient (Wildman–Crippen LogP) is 1.31. The molecule has 2 aliphatic rings. The van der Waals surface area contributed by atoms with Crippen molar-refractivity contribution in [1.82, 2.24) is 29.4 Å². The molecule has 0 saturated carbocycles. The van der Waals surface area contributed by atoms with E-state index in [-0.39, 0.29) is 17.0 Å². The third kappa shape index (κ3) is 4.33. The average Bonchev–Trinajstić information content (AvgIpc) is 3.15. The number of piperazine rings is 1. The number of nitrogens with one attached hydrogen (secondary N) is 1. The van der Waals surface area contributed by atoms with Gasteiger partial charge in [-0.05, 0) is 26.0 Å². The van der Waals surface area contributed by atoms with Gasteiger partial charge in [0, 0.05) is 51.5 Å². The smallest absolute Gasteiger partial charge is 0.263 e. The van der Waals surface area contributed by atoms with Crippen LogP contribution in [0.5, 0.6) is 0 Å². The van der Waals surface area contributed by atoms with Crippen LogP contribution in [-0.4, -0.2) is 87.6 Å². The van der Waals surface area contributed by atoms with E-state index < -0.39 is 11.7 Å². The highest BCUT2D eigenvalue weighted by molar-refractivity contribution is 6.12. The fraction of sp³-hybridized carbons (Fsp3) is 0.455. The summed E-state index contributed by atoms with van der Waals surface area (Å²) in [6.45, 7) is 6.30. The van der Waals surface area contributed by atoms with E-state index in [2.05, 4.69) is 42.1 Å². The molecule has 3 aromatic rings. The summed E-state index contributed by atoms with van der Waals surface area (Å²) >= 11 is 0. The monoisotopic (exact) mass is 453 g/mol. The number of halogens is 1. The summed E-state index contributed by atoms with van der Waals surface area (Å²) in [5, 5.41) is 6.91. The molecule has 5 heterocycles. The number of nitrogens with two attached hydrogens (primary N) is 1. The Bertz CT molecular complexity index is 1150. The topological polar surface area (TPSA) is 108 Å². The first-order valence-electron chi connectivity index (χ1n) is 11.2. The Morgan fingerprint density at radius 1 is 1.15 bits per heavy atom. The summed E-state index contributed by atoms with van der Waals surface area (Å²) in [5.74, 6) is -1.03. The Kier molecular flexibility index (Phi) is 5.81. The molecule has 0 atom stereocenters. The molecular weight excluding hydrogens is 425 g/mol. The van der Waals surface area contributed by atoms with Gasteiger partial charge in [-0.2, -0.15) is 0 Å². The molecule has 0 radical (unpaired) electrons. The second-order valence-electron chi connectivity index (χ2n) is 8.71. The SMILES string of the molecule is CN1CCN(C2CCN(c3ccncc3NC(=O)c3c(N)nn4cc(F)cnc34)CC2)CC1. The first-order valence-corrected chi connectivity index (χ1v) is 11.2. The largest absolute Gasteiger partial charge is 0.381 e. The molecule has 0 aliphatic carbocycles. The zero-order valence-corrected chi connectivity index (χ0v) is 18.6. The van der Waals surface area contributed by atoms with Crippen molar-refractivity contribution in [2.24, 2.45) is 0 Å². The molecule has 11 heteroatoms. The van der Waals surface area contributed by atoms with Gasteiger partial charge in [0.25, 0.3) is 5.91 Å². The molecule has 10 nitrogen and oxygen atoms in total. The van der Waals surface area contributed by atoms with Crippen LogP contribution in [-0.2, 0) is 0 Å². The van der Waals surface area contributed by atoms with E-state index in [0.717, 1.165) is 70.2 Å². The number of nitrogens with zero attached hydrogens (tertiary/aromatic N) is 7. The van der Waals surface area contributed by atoms with Gasteiger partial charge in [-0.15, -0.1) is 5.10 Å². The van der Waals surface area contributed by atoms with E-state index in [1.165, 1.54) is 4.52 Å². The minimum absolute atomic E-state index is 0.0102. The molecule has 0 unspecified atom stereocenters. The predicted molar refractivity (Wildman–Crippen MR) is 124 cm³/mol. The number of piperidine rings is 1. The number of anilines is 3. The first-order chi connectivity index (χ1) is 16.0. The van der Waals surface area contributed by atoms with Crippen LogP contribution in [0.1, 0.15) is 23.2 Å². The van der Waals surface area contributed by atoms with Crippen LogP contribution in [0.15, 0.2) is 30.9 Å². The molecule has 3 N–H and O–H groups in total. The molecule has 0 bridgehead atoms. The third-order valence-electron chi connectivity index (χ3n) is 6.60. The van der Waals surface area contributed by atoms with Gasteiger partial charge in [-0.3, -0.25) is 14.7 Å². The number of nitrogen functional groups attached to an aromatic ring is 1. The van der Waals surface area contributed by atoms with E-state index in [9.17, 15) is 9.18 Å². The Morgan fingerprint density at radius 3 is 2.67 bits per heavy atom. The summed E-state index contributed by atoms with van der Waals surface area (Å²) in [4.78, 5) is 28.5. The second kappa shape index (κ2) is 8.91. The van der Waals surface area contributed by atoms with Gasteiger partial charge in [-0.1, -0.05) is 0 Å². The number of carbonyl (C=O) groups excluding carboxylic acids is 1. The van der Waals surface area contributed by atoms with Gasteiger partial charge in [0.05, 0.1) is 30.0 Å². The molecule has 3 aromatic heterocycles. The maximum Gasteiger partial charge on any atom is 0.263 e. The van der Waals surface area contributed by atoms with E-state index in [0.29, 0.717) is 11.7 Å². The van der Waals surface area contributed by atoms with Crippen molar-refractivity contribution in [2.45, 2.75) is 18.9 Å². The van der Waals surface area contributed by atoms with Crippen molar-refractivity contribution >= 4 is 28.7 Å². The van der Waals surface area contributed by atoms with E-state index in [1.807, 2.05) is 6.07 Å². The Hall–Kier alpha value is -3.31. The maximum absolute atomic E-state index is 13.5. The van der Waals surface area contributed by atoms with Crippen LogP contribution in [0.25, 0.3) is 5.65 Å². The number of rotatable bonds is 4. The number of amides is 1. The fourth-order valence-corrected chi connectivity index (χ4v) is 4.75. The van der Waals surface area contributed by atoms with Crippen LogP contribution in [0, 0.1) is 5.82 Å². The minimum atomic E-state index is -0.563. The van der Waals surface area contributed by atoms with Gasteiger partial charge in [-0.25, -0.2) is 13.9 Å². The highest BCUT2D eigenvalue weighted by atomic mass is 19.1. The summed E-state index contributed by atoms with van der Waals surface area (Å²) in [6.07, 6.45) is 7.69. The van der Waals surface area contributed by atoms with Crippen molar-refractivity contribution in [2.75, 3.05) is 62.3 Å².